The number of nitrogens with two attached hydrogens (primary N) is 1. The Morgan fingerprint density at radius 2 is 1.67 bits per heavy atom. The van der Waals surface area contributed by atoms with Crippen molar-refractivity contribution in [3.05, 3.63) is 111 Å². The van der Waals surface area contributed by atoms with E-state index in [9.17, 15) is 39.9 Å². The third-order valence-electron chi connectivity index (χ3n) is 13.4. The molecular formula is C48H49N3O17S. The van der Waals surface area contributed by atoms with Crippen LogP contribution in [-0.2, 0) is 33.3 Å². The molecule has 69 heavy (non-hydrogen) atoms. The van der Waals surface area contributed by atoms with Gasteiger partial charge in [-0.15, -0.1) is 11.3 Å². The van der Waals surface area contributed by atoms with Gasteiger partial charge in [0, 0.05) is 24.1 Å². The number of benzene rings is 3. The predicted molar refractivity (Wildman–Crippen MR) is 239 cm³/mol. The zero-order chi connectivity index (χ0) is 48.4. The molecule has 7 aliphatic rings. The molecule has 7 heterocycles. The number of nitrogens with one attached hydrogen (secondary N) is 1. The molecule has 2 amide bonds. The molecule has 0 radical (unpaired) electrons. The van der Waals surface area contributed by atoms with Crippen LogP contribution in [0.1, 0.15) is 62.2 Å². The monoisotopic (exact) mass is 971 g/mol. The fraction of sp³-hybridized carbons (Fsp3) is 0.396. The second-order valence-electron chi connectivity index (χ2n) is 17.4. The van der Waals surface area contributed by atoms with E-state index in [0.29, 0.717) is 45.7 Å². The Bertz CT molecular complexity index is 2700. The minimum absolute atomic E-state index is 0.0242. The minimum Gasteiger partial charge on any atom is -0.505 e. The number of primary amides is 1. The Labute approximate surface area is 397 Å². The number of nitrogens with zero attached hydrogens (tertiary/aromatic N) is 1. The maximum Gasteiger partial charge on any atom is 0.310 e. The number of anilines is 1. The maximum atomic E-state index is 13.5. The zero-order valence-electron chi connectivity index (χ0n) is 37.3. The number of allylic oxidation sites excluding steroid dienone is 1. The van der Waals surface area contributed by atoms with Crippen LogP contribution in [0.2, 0.25) is 0 Å². The lowest BCUT2D eigenvalue weighted by Gasteiger charge is -2.48. The van der Waals surface area contributed by atoms with E-state index in [1.54, 1.807) is 43.5 Å². The van der Waals surface area contributed by atoms with Gasteiger partial charge in [-0.1, -0.05) is 18.2 Å². The number of hydrogen-bond acceptors (Lipinski definition) is 19. The normalized spacial score (nSPS) is 30.6. The smallest absolute Gasteiger partial charge is 0.310 e. The third-order valence-corrected chi connectivity index (χ3v) is 14.3. The van der Waals surface area contributed by atoms with Gasteiger partial charge in [-0.2, -0.15) is 0 Å². The summed E-state index contributed by atoms with van der Waals surface area (Å²) in [5.41, 5.74) is 8.91. The van der Waals surface area contributed by atoms with Gasteiger partial charge in [0.2, 0.25) is 18.4 Å². The van der Waals surface area contributed by atoms with Gasteiger partial charge in [0.1, 0.15) is 36.4 Å². The number of phenols is 2. The Balaban J connectivity index is 0.000000202. The number of esters is 1. The average Bonchev–Trinajstić information content (AvgIpc) is 4.19. The summed E-state index contributed by atoms with van der Waals surface area (Å²) in [7, 11) is 2.86. The first-order valence-corrected chi connectivity index (χ1v) is 22.9. The Morgan fingerprint density at radius 1 is 0.928 bits per heavy atom. The van der Waals surface area contributed by atoms with E-state index in [1.807, 2.05) is 23.6 Å². The number of carbonyl (C=O) groups is 3. The first-order chi connectivity index (χ1) is 33.2. The van der Waals surface area contributed by atoms with E-state index in [2.05, 4.69) is 5.32 Å². The van der Waals surface area contributed by atoms with Crippen LogP contribution in [0.15, 0.2) is 77.8 Å². The predicted octanol–water partition coefficient (Wildman–Crippen LogP) is 3.34. The number of aliphatic hydroxyl groups is 3. The Kier molecular flexibility index (Phi) is 12.4. The number of aliphatic hydroxyl groups excluding tert-OH is 3. The summed E-state index contributed by atoms with van der Waals surface area (Å²) in [5, 5.41) is 58.3. The first kappa shape index (κ1) is 46.3. The van der Waals surface area contributed by atoms with Crippen LogP contribution in [0.4, 0.5) is 5.69 Å². The van der Waals surface area contributed by atoms with Gasteiger partial charge in [-0.25, -0.2) is 0 Å². The number of fused-ring (bicyclic) bond motifs is 6. The van der Waals surface area contributed by atoms with E-state index in [-0.39, 0.29) is 60.2 Å². The summed E-state index contributed by atoms with van der Waals surface area (Å²) < 4.78 is 52.6. The minimum atomic E-state index is -1.47. The molecule has 3 fully saturated rings. The molecule has 364 valence electrons. The van der Waals surface area contributed by atoms with Crippen LogP contribution >= 0.6 is 11.3 Å². The molecule has 1 aromatic heterocycles. The van der Waals surface area contributed by atoms with Crippen molar-refractivity contribution >= 4 is 34.8 Å². The molecule has 5 unspecified atom stereocenters. The number of cyclic esters (lactones) is 1. The molecule has 0 saturated carbocycles. The second kappa shape index (κ2) is 18.5. The number of amides is 2. The van der Waals surface area contributed by atoms with Crippen molar-refractivity contribution in [3.8, 4) is 34.5 Å². The summed E-state index contributed by atoms with van der Waals surface area (Å²) in [6.07, 6.45) is -3.51. The number of phenolic OH excluding ortho intramolecular Hbond substituents is 2. The Morgan fingerprint density at radius 3 is 2.36 bits per heavy atom. The fourth-order valence-corrected chi connectivity index (χ4v) is 10.7. The lowest BCUT2D eigenvalue weighted by Crippen LogP contribution is -2.62. The molecule has 4 aromatic rings. The van der Waals surface area contributed by atoms with Gasteiger partial charge in [-0.3, -0.25) is 14.4 Å². The SMILES string of the molecule is COc1cc([C@@H]2c3cc4c(cc3C(O[C@@H]3O[C@@H]5COC(c6cccs6)O[C@H]5[C@H](O)[C@H]3O)C3COC(=O)[C@@H]32)OCO4)cc(OC)c1O.Cc1ccc2c(c1O)NC(O)C1CC(/C=C/C(N)=O)=CN1C2=O. The molecule has 0 bridgehead atoms. The van der Waals surface area contributed by atoms with Crippen molar-refractivity contribution in [1.29, 1.82) is 0 Å². The number of hydrogen-bond donors (Lipinski definition) is 7. The third kappa shape index (κ3) is 8.27. The van der Waals surface area contributed by atoms with Crippen LogP contribution in [0.25, 0.3) is 0 Å². The molecule has 21 heteroatoms. The quantitative estimate of drug-likeness (QED) is 0.0758. The van der Waals surface area contributed by atoms with Crippen LogP contribution in [-0.4, -0.2) is 125 Å². The molecule has 0 spiro atoms. The number of ether oxygens (including phenoxy) is 9. The molecule has 6 aliphatic heterocycles. The number of aromatic hydroxyl groups is 2. The van der Waals surface area contributed by atoms with Crippen molar-refractivity contribution < 1.29 is 82.5 Å². The highest BCUT2D eigenvalue weighted by Crippen LogP contribution is 2.57. The van der Waals surface area contributed by atoms with Gasteiger partial charge in [0.15, 0.2) is 35.6 Å². The van der Waals surface area contributed by atoms with Crippen LogP contribution in [0, 0.1) is 18.8 Å². The molecule has 8 N–H and O–H groups in total. The van der Waals surface area contributed by atoms with Crippen LogP contribution in [0.3, 0.4) is 0 Å². The van der Waals surface area contributed by atoms with Gasteiger partial charge in [0.25, 0.3) is 5.91 Å². The molecule has 20 nitrogen and oxygen atoms in total. The van der Waals surface area contributed by atoms with Crippen molar-refractivity contribution in [2.75, 3.05) is 39.5 Å². The fourth-order valence-electron chi connectivity index (χ4n) is 10.0. The van der Waals surface area contributed by atoms with E-state index in [1.165, 1.54) is 42.6 Å². The van der Waals surface area contributed by atoms with Crippen LogP contribution in [0.5, 0.6) is 34.5 Å². The molecule has 12 atom stereocenters. The van der Waals surface area contributed by atoms with Crippen molar-refractivity contribution in [2.45, 2.75) is 74.6 Å². The summed E-state index contributed by atoms with van der Waals surface area (Å²) in [6.45, 7) is 1.89. The number of rotatable bonds is 8. The summed E-state index contributed by atoms with van der Waals surface area (Å²) in [6, 6.07) is 13.4. The number of methoxy groups -OCH3 is 2. The van der Waals surface area contributed by atoms with Crippen molar-refractivity contribution in [2.24, 2.45) is 17.6 Å². The van der Waals surface area contributed by atoms with E-state index in [4.69, 9.17) is 48.4 Å². The summed E-state index contributed by atoms with van der Waals surface area (Å²) in [4.78, 5) is 39.3. The molecule has 3 saturated heterocycles. The lowest BCUT2D eigenvalue weighted by molar-refractivity contribution is -0.368. The number of aryl methyl sites for hydroxylation is 1. The zero-order valence-corrected chi connectivity index (χ0v) is 38.1. The lowest BCUT2D eigenvalue weighted by atomic mass is 9.66. The average molecular weight is 972 g/mol. The molecule has 3 aromatic carbocycles. The standard InChI is InChI=1S/C32H32O13S.C16H17N3O4/c1-37-19-6-13(7-20(38-2)25(19)33)23-14-8-17-18(42-12-41-17)9-15(14)28(16-10-39-30(36)24(16)23)44-32-27(35)26(34)29-21(43-32)11-40-31(45-29)22-4-3-5-46-22;1-8-2-4-10-13(14(8)21)18-15(22)11-6-9(3-5-12(17)20)7-19(11)16(10)23/h3-9,16,21,23-24,26-29,31-35H,10-12H2,1-2H3;2-5,7,11,15,18,21-22H,6H2,1H3,(H2,17,20)/b;5-3+/t16?,21-,23-,24+,26-,27-,28?,29-,31?,32+;/m1./s1. The Hall–Kier alpha value is -6.43. The van der Waals surface area contributed by atoms with Crippen molar-refractivity contribution in [1.82, 2.24) is 4.90 Å². The van der Waals surface area contributed by atoms with Gasteiger partial charge in [-0.05, 0) is 82.9 Å². The number of carbonyl (C=O) groups excluding carboxylic acids is 3. The highest BCUT2D eigenvalue weighted by Gasteiger charge is 2.56. The molecule has 1 aliphatic carbocycles. The first-order valence-electron chi connectivity index (χ1n) is 22.0. The van der Waals surface area contributed by atoms with Crippen molar-refractivity contribution in [3.63, 3.8) is 0 Å². The second-order valence-corrected chi connectivity index (χ2v) is 18.4. The van der Waals surface area contributed by atoms with Gasteiger partial charge < -0.3 is 84.1 Å². The molecule has 11 rings (SSSR count). The maximum absolute atomic E-state index is 13.5. The van der Waals surface area contributed by atoms with Crippen LogP contribution < -0.4 is 30.0 Å². The van der Waals surface area contributed by atoms with E-state index < -0.39 is 85.0 Å². The van der Waals surface area contributed by atoms with E-state index >= 15 is 0 Å². The highest BCUT2D eigenvalue weighted by atomic mass is 32.1. The highest BCUT2D eigenvalue weighted by molar-refractivity contribution is 7.10. The topological polar surface area (TPSA) is 277 Å². The molecular weight excluding hydrogens is 923 g/mol. The summed E-state index contributed by atoms with van der Waals surface area (Å²) >= 11 is 1.46. The largest absolute Gasteiger partial charge is 0.505 e. The number of thiophene rings is 1. The van der Waals surface area contributed by atoms with E-state index in [0.717, 1.165) is 4.88 Å². The van der Waals surface area contributed by atoms with Gasteiger partial charge in [0.05, 0.1) is 61.6 Å². The summed E-state index contributed by atoms with van der Waals surface area (Å²) in [5.74, 6) is -2.04. The van der Waals surface area contributed by atoms with Gasteiger partial charge >= 0.3 is 5.97 Å².